The fourth-order valence-corrected chi connectivity index (χ4v) is 5.93. The van der Waals surface area contributed by atoms with Gasteiger partial charge in [0.1, 0.15) is 0 Å². The van der Waals surface area contributed by atoms with E-state index in [2.05, 4.69) is 47.3 Å². The fourth-order valence-electron chi connectivity index (χ4n) is 3.82. The maximum absolute atomic E-state index is 12.3. The van der Waals surface area contributed by atoms with E-state index in [1.807, 2.05) is 23.0 Å². The molecule has 0 aliphatic heterocycles. The molecule has 164 valence electrons. The minimum Gasteiger partial charge on any atom is -0.323 e. The van der Waals surface area contributed by atoms with Crippen LogP contribution in [0, 0.1) is 11.3 Å². The van der Waals surface area contributed by atoms with Crippen LogP contribution in [-0.2, 0) is 24.7 Å². The van der Waals surface area contributed by atoms with Crippen molar-refractivity contribution >= 4 is 46.3 Å². The fraction of sp³-hybridized carbons (Fsp3) is 0.455. The second kappa shape index (κ2) is 8.92. The normalized spacial score (nSPS) is 16.2. The number of thiophene rings is 1. The maximum atomic E-state index is 12.3. The maximum Gasteiger partial charge on any atom is 0.234 e. The summed E-state index contributed by atoms with van der Waals surface area (Å²) in [5.74, 6) is 1.61. The van der Waals surface area contributed by atoms with E-state index < -0.39 is 0 Å². The Morgan fingerprint density at radius 1 is 1.39 bits per heavy atom. The van der Waals surface area contributed by atoms with Crippen molar-refractivity contribution in [2.24, 2.45) is 18.4 Å². The van der Waals surface area contributed by atoms with Crippen molar-refractivity contribution in [1.29, 1.82) is 0 Å². The Morgan fingerprint density at radius 2 is 2.19 bits per heavy atom. The second-order valence-corrected chi connectivity index (χ2v) is 11.3. The van der Waals surface area contributed by atoms with Gasteiger partial charge in [0.05, 0.1) is 16.3 Å². The van der Waals surface area contributed by atoms with Crippen molar-refractivity contribution in [3.63, 3.8) is 0 Å². The Morgan fingerprint density at radius 3 is 2.94 bits per heavy atom. The summed E-state index contributed by atoms with van der Waals surface area (Å²) in [5.41, 5.74) is 2.29. The first-order chi connectivity index (χ1) is 14.7. The number of hydrogen-bond acceptors (Lipinski definition) is 6. The first kappa shape index (κ1) is 22.3. The number of aryl methyl sites for hydroxylation is 1. The van der Waals surface area contributed by atoms with E-state index in [9.17, 15) is 4.79 Å². The van der Waals surface area contributed by atoms with Crippen LogP contribution >= 0.6 is 34.7 Å². The highest BCUT2D eigenvalue weighted by molar-refractivity contribution is 7.99. The molecule has 0 spiro atoms. The Bertz CT molecular complexity index is 1100. The van der Waals surface area contributed by atoms with Gasteiger partial charge in [-0.1, -0.05) is 44.1 Å². The van der Waals surface area contributed by atoms with Gasteiger partial charge in [-0.2, -0.15) is 0 Å². The molecule has 6 nitrogen and oxygen atoms in total. The van der Waals surface area contributed by atoms with Crippen LogP contribution in [0.4, 0.5) is 5.69 Å². The number of fused-ring (bicyclic) bond motifs is 1. The molecule has 31 heavy (non-hydrogen) atoms. The molecule has 3 aromatic rings. The number of amides is 1. The molecule has 1 N–H and O–H groups in total. The van der Waals surface area contributed by atoms with Crippen LogP contribution in [0.25, 0.3) is 10.7 Å². The number of nitrogens with one attached hydrogen (secondary N) is 1. The van der Waals surface area contributed by atoms with Crippen LogP contribution in [0.5, 0.6) is 0 Å². The molecule has 1 aliphatic carbocycles. The molecule has 1 atom stereocenters. The summed E-state index contributed by atoms with van der Waals surface area (Å²) in [4.78, 5) is 18.9. The minimum absolute atomic E-state index is 0.163. The smallest absolute Gasteiger partial charge is 0.234 e. The highest BCUT2D eigenvalue weighted by Gasteiger charge is 2.30. The zero-order valence-corrected chi connectivity index (χ0v) is 20.5. The van der Waals surface area contributed by atoms with Crippen molar-refractivity contribution in [3.05, 3.63) is 40.0 Å². The summed E-state index contributed by atoms with van der Waals surface area (Å²) < 4.78 is 1.97. The number of hydrogen-bond donors (Lipinski definition) is 1. The molecule has 3 aromatic heterocycles. The monoisotopic (exact) mass is 475 g/mol. The predicted octanol–water partition coefficient (Wildman–Crippen LogP) is 5.47. The number of rotatable bonds is 5. The molecule has 0 bridgehead atoms. The Balaban J connectivity index is 1.43. The van der Waals surface area contributed by atoms with Crippen molar-refractivity contribution < 1.29 is 4.79 Å². The molecular weight excluding hydrogens is 450 g/mol. The number of thioether (sulfide) groups is 1. The molecule has 4 rings (SSSR count). The third-order valence-corrected chi connectivity index (χ3v) is 8.28. The third kappa shape index (κ3) is 4.96. The number of anilines is 1. The van der Waals surface area contributed by atoms with Crippen molar-refractivity contribution in [2.75, 3.05) is 11.1 Å². The largest absolute Gasteiger partial charge is 0.323 e. The highest BCUT2D eigenvalue weighted by atomic mass is 35.5. The van der Waals surface area contributed by atoms with E-state index in [-0.39, 0.29) is 16.8 Å². The first-order valence-electron chi connectivity index (χ1n) is 10.3. The standard InChI is InChI=1S/C22H26ClN5OS2/c1-22(2,3)14-7-8-16-13(10-14)11-17(31-16)20-26-27-21(28(20)4)30-12-18(29)25-15-6-5-9-24-19(15)23/h5-6,9,11,14H,7-8,10,12H2,1-4H3,(H,25,29). The molecule has 0 saturated heterocycles. The molecule has 1 amide bonds. The molecular formula is C22H26ClN5OS2. The summed E-state index contributed by atoms with van der Waals surface area (Å²) >= 11 is 9.18. The summed E-state index contributed by atoms with van der Waals surface area (Å²) in [5, 5.41) is 12.5. The van der Waals surface area contributed by atoms with Crippen molar-refractivity contribution in [1.82, 2.24) is 19.7 Å². The van der Waals surface area contributed by atoms with E-state index in [0.717, 1.165) is 23.5 Å². The molecule has 0 aromatic carbocycles. The summed E-state index contributed by atoms with van der Waals surface area (Å²) in [6, 6.07) is 5.74. The highest BCUT2D eigenvalue weighted by Crippen LogP contribution is 2.42. The van der Waals surface area contributed by atoms with Crippen LogP contribution in [0.3, 0.4) is 0 Å². The van der Waals surface area contributed by atoms with E-state index in [1.54, 1.807) is 18.3 Å². The first-order valence-corrected chi connectivity index (χ1v) is 12.4. The number of nitrogens with zero attached hydrogens (tertiary/aromatic N) is 4. The molecule has 0 saturated carbocycles. The second-order valence-electron chi connectivity index (χ2n) is 8.91. The van der Waals surface area contributed by atoms with Gasteiger partial charge in [-0.25, -0.2) is 4.98 Å². The molecule has 9 heteroatoms. The summed E-state index contributed by atoms with van der Waals surface area (Å²) in [6.45, 7) is 7.00. The van der Waals surface area contributed by atoms with Crippen LogP contribution < -0.4 is 5.32 Å². The van der Waals surface area contributed by atoms with Gasteiger partial charge in [-0.3, -0.25) is 4.79 Å². The molecule has 0 radical (unpaired) electrons. The average molecular weight is 476 g/mol. The van der Waals surface area contributed by atoms with Gasteiger partial charge in [0, 0.05) is 18.1 Å². The van der Waals surface area contributed by atoms with Gasteiger partial charge < -0.3 is 9.88 Å². The minimum atomic E-state index is -0.163. The van der Waals surface area contributed by atoms with Crippen molar-refractivity contribution in [3.8, 4) is 10.7 Å². The lowest BCUT2D eigenvalue weighted by molar-refractivity contribution is -0.113. The Labute approximate surface area is 195 Å². The zero-order valence-electron chi connectivity index (χ0n) is 18.1. The summed E-state index contributed by atoms with van der Waals surface area (Å²) in [6.07, 6.45) is 5.09. The van der Waals surface area contributed by atoms with E-state index >= 15 is 0 Å². The van der Waals surface area contributed by atoms with Crippen LogP contribution in [0.15, 0.2) is 29.6 Å². The number of aromatic nitrogens is 4. The van der Waals surface area contributed by atoms with E-state index in [0.29, 0.717) is 22.2 Å². The van der Waals surface area contributed by atoms with Crippen LogP contribution in [-0.4, -0.2) is 31.4 Å². The topological polar surface area (TPSA) is 72.7 Å². The number of halogens is 1. The summed E-state index contributed by atoms with van der Waals surface area (Å²) in [7, 11) is 1.95. The number of carbonyl (C=O) groups is 1. The lowest BCUT2D eigenvalue weighted by Crippen LogP contribution is -2.26. The lowest BCUT2D eigenvalue weighted by Gasteiger charge is -2.33. The van der Waals surface area contributed by atoms with Gasteiger partial charge >= 0.3 is 0 Å². The van der Waals surface area contributed by atoms with Crippen molar-refractivity contribution in [2.45, 2.75) is 45.2 Å². The van der Waals surface area contributed by atoms with E-state index in [4.69, 9.17) is 11.6 Å². The predicted molar refractivity (Wildman–Crippen MR) is 128 cm³/mol. The van der Waals surface area contributed by atoms with Crippen LogP contribution in [0.1, 0.15) is 37.6 Å². The Kier molecular flexibility index (Phi) is 6.42. The molecule has 3 heterocycles. The average Bonchev–Trinajstić information content (AvgIpc) is 3.30. The number of carbonyl (C=O) groups excluding carboxylic acids is 1. The molecule has 1 unspecified atom stereocenters. The lowest BCUT2D eigenvalue weighted by atomic mass is 9.72. The molecule has 0 fully saturated rings. The van der Waals surface area contributed by atoms with Gasteiger partial charge in [0.25, 0.3) is 0 Å². The van der Waals surface area contributed by atoms with Gasteiger partial charge in [-0.15, -0.1) is 21.5 Å². The SMILES string of the molecule is Cn1c(SCC(=O)Nc2cccnc2Cl)nnc1-c1cc2c(s1)CCC(C(C)(C)C)C2. The van der Waals surface area contributed by atoms with Gasteiger partial charge in [0.2, 0.25) is 5.91 Å². The third-order valence-electron chi connectivity index (χ3n) is 5.73. The van der Waals surface area contributed by atoms with E-state index in [1.165, 1.54) is 28.6 Å². The van der Waals surface area contributed by atoms with Crippen LogP contribution in [0.2, 0.25) is 5.15 Å². The van der Waals surface area contributed by atoms with Gasteiger partial charge in [-0.05, 0) is 54.4 Å². The van der Waals surface area contributed by atoms with Gasteiger partial charge in [0.15, 0.2) is 16.1 Å². The Hall–Kier alpha value is -1.90. The molecule has 1 aliphatic rings. The quantitative estimate of drug-likeness (QED) is 0.391. The zero-order chi connectivity index (χ0) is 22.2. The number of pyridine rings is 1.